The van der Waals surface area contributed by atoms with E-state index in [-0.39, 0.29) is 17.6 Å². The van der Waals surface area contributed by atoms with Crippen LogP contribution in [0.15, 0.2) is 61.1 Å². The molecule has 1 N–H and O–H groups in total. The number of aromatic nitrogens is 4. The van der Waals surface area contributed by atoms with Gasteiger partial charge in [0.2, 0.25) is 0 Å². The van der Waals surface area contributed by atoms with Crippen LogP contribution in [0.5, 0.6) is 5.75 Å². The summed E-state index contributed by atoms with van der Waals surface area (Å²) in [5.41, 5.74) is 4.49. The molecule has 4 aromatic rings. The smallest absolute Gasteiger partial charge is 0.272 e. The van der Waals surface area contributed by atoms with Gasteiger partial charge in [-0.25, -0.2) is 4.39 Å². The molecule has 10 heteroatoms. The van der Waals surface area contributed by atoms with Crippen molar-refractivity contribution < 1.29 is 18.7 Å². The molecular formula is C34H40FN5O3Si. The second-order valence-corrected chi connectivity index (χ2v) is 17.6. The summed E-state index contributed by atoms with van der Waals surface area (Å²) < 4.78 is 23.6. The Bertz CT molecular complexity index is 1650. The summed E-state index contributed by atoms with van der Waals surface area (Å²) in [6.07, 6.45) is 9.14. The van der Waals surface area contributed by atoms with Crippen molar-refractivity contribution in [1.29, 1.82) is 0 Å². The van der Waals surface area contributed by atoms with Crippen LogP contribution in [-0.2, 0) is 13.2 Å². The summed E-state index contributed by atoms with van der Waals surface area (Å²) >= 11 is 0. The second-order valence-electron chi connectivity index (χ2n) is 13.2. The molecule has 44 heavy (non-hydrogen) atoms. The number of ether oxygens (including phenoxy) is 1. The zero-order chi connectivity index (χ0) is 31.1. The first-order chi connectivity index (χ1) is 21.0. The summed E-state index contributed by atoms with van der Waals surface area (Å²) in [5, 5.41) is 4.64. The van der Waals surface area contributed by atoms with E-state index in [1.54, 1.807) is 29.2 Å². The highest BCUT2D eigenvalue weighted by molar-refractivity contribution is 6.72. The van der Waals surface area contributed by atoms with Crippen LogP contribution in [0.2, 0.25) is 18.1 Å². The number of amides is 1. The molecule has 0 unspecified atom stereocenters. The number of halogens is 1. The molecule has 0 spiro atoms. The summed E-state index contributed by atoms with van der Waals surface area (Å²) in [6, 6.07) is 12.5. The van der Waals surface area contributed by atoms with E-state index in [1.165, 1.54) is 18.9 Å². The first-order valence-electron chi connectivity index (χ1n) is 15.4. The highest BCUT2D eigenvalue weighted by Gasteiger charge is 2.38. The molecular weight excluding hydrogens is 573 g/mol. The Hall–Kier alpha value is -3.89. The van der Waals surface area contributed by atoms with Gasteiger partial charge in [-0.15, -0.1) is 0 Å². The number of fused-ring (bicyclic) bond motifs is 1. The highest BCUT2D eigenvalue weighted by atomic mass is 28.4. The van der Waals surface area contributed by atoms with Crippen LogP contribution in [0, 0.1) is 5.82 Å². The first-order valence-corrected chi connectivity index (χ1v) is 18.4. The lowest BCUT2D eigenvalue weighted by atomic mass is 9.97. The molecule has 1 amide bonds. The number of pyridine rings is 2. The van der Waals surface area contributed by atoms with Crippen molar-refractivity contribution in [2.24, 2.45) is 0 Å². The SMILES string of the molecule is CC(C)(CCCN1CCn2nc(-c3ccncc3)c(-c3ccc(OCc4ccc(C5CC5)nc4)cc3F)c2C1=O)[Si](C)(C)O. The van der Waals surface area contributed by atoms with E-state index in [9.17, 15) is 9.59 Å². The van der Waals surface area contributed by atoms with Gasteiger partial charge in [-0.2, -0.15) is 5.10 Å². The van der Waals surface area contributed by atoms with E-state index in [0.717, 1.165) is 29.7 Å². The molecule has 1 aromatic carbocycles. The summed E-state index contributed by atoms with van der Waals surface area (Å²) in [7, 11) is -2.35. The van der Waals surface area contributed by atoms with Gasteiger partial charge < -0.3 is 14.4 Å². The van der Waals surface area contributed by atoms with E-state index >= 15 is 4.39 Å². The van der Waals surface area contributed by atoms with Gasteiger partial charge in [-0.05, 0) is 74.1 Å². The van der Waals surface area contributed by atoms with Crippen LogP contribution in [0.3, 0.4) is 0 Å². The predicted molar refractivity (Wildman–Crippen MR) is 170 cm³/mol. The van der Waals surface area contributed by atoms with Crippen molar-refractivity contribution >= 4 is 14.2 Å². The fourth-order valence-corrected chi connectivity index (χ4v) is 6.39. The van der Waals surface area contributed by atoms with Gasteiger partial charge in [0.25, 0.3) is 5.91 Å². The number of hydrogen-bond donors (Lipinski definition) is 1. The third-order valence-corrected chi connectivity index (χ3v) is 12.9. The molecule has 0 saturated heterocycles. The molecule has 8 nitrogen and oxygen atoms in total. The van der Waals surface area contributed by atoms with Crippen molar-refractivity contribution in [3.05, 3.63) is 83.8 Å². The standard InChI is InChI=1S/C34H40FN5O3Si/c1-34(2,44(3,4)42)14-5-17-39-18-19-40-32(33(39)41)30(31(38-40)25-12-15-36-16-13-25)27-10-9-26(20-28(27)35)43-22-23-6-11-29(37-21-23)24-7-8-24/h6,9-13,15-16,20-21,24,42H,5,7-8,14,17-19,22H2,1-4H3. The van der Waals surface area contributed by atoms with Crippen LogP contribution in [-0.4, -0.2) is 56.8 Å². The lowest BCUT2D eigenvalue weighted by Crippen LogP contribution is -2.42. The topological polar surface area (TPSA) is 93.4 Å². The number of rotatable bonds is 11. The maximum Gasteiger partial charge on any atom is 0.272 e. The Morgan fingerprint density at radius 3 is 2.52 bits per heavy atom. The van der Waals surface area contributed by atoms with Crippen LogP contribution < -0.4 is 4.74 Å². The van der Waals surface area contributed by atoms with Gasteiger partial charge in [0, 0.05) is 71.6 Å². The average molecular weight is 614 g/mol. The van der Waals surface area contributed by atoms with Crippen molar-refractivity contribution in [2.45, 2.75) is 76.7 Å². The molecule has 2 aliphatic rings. The molecule has 0 bridgehead atoms. The molecule has 1 saturated carbocycles. The Labute approximate surface area is 259 Å². The Balaban J connectivity index is 1.26. The maximum atomic E-state index is 15.9. The second kappa shape index (κ2) is 11.9. The number of hydrogen-bond acceptors (Lipinski definition) is 6. The van der Waals surface area contributed by atoms with E-state index in [2.05, 4.69) is 23.8 Å². The molecule has 0 atom stereocenters. The maximum absolute atomic E-state index is 15.9. The first kappa shape index (κ1) is 30.1. The van der Waals surface area contributed by atoms with E-state index in [4.69, 9.17) is 9.84 Å². The lowest BCUT2D eigenvalue weighted by molar-refractivity contribution is 0.0694. The van der Waals surface area contributed by atoms with Gasteiger partial charge in [0.1, 0.15) is 29.6 Å². The number of carbonyl (C=O) groups excluding carboxylic acids is 1. The Morgan fingerprint density at radius 1 is 1.09 bits per heavy atom. The molecule has 230 valence electrons. The fraction of sp³-hybridized carbons (Fsp3) is 0.412. The number of nitrogens with zero attached hydrogens (tertiary/aromatic N) is 5. The van der Waals surface area contributed by atoms with Crippen LogP contribution in [0.1, 0.15) is 67.2 Å². The predicted octanol–water partition coefficient (Wildman–Crippen LogP) is 6.82. The summed E-state index contributed by atoms with van der Waals surface area (Å²) in [4.78, 5) is 35.2. The molecule has 1 fully saturated rings. The van der Waals surface area contributed by atoms with Gasteiger partial charge in [-0.3, -0.25) is 19.4 Å². The minimum atomic E-state index is -2.35. The minimum absolute atomic E-state index is 0.167. The Kier molecular flexibility index (Phi) is 8.15. The molecule has 1 aliphatic heterocycles. The third kappa shape index (κ3) is 6.18. The molecule has 3 aromatic heterocycles. The van der Waals surface area contributed by atoms with E-state index in [0.29, 0.717) is 53.8 Å². The number of carbonyl (C=O) groups is 1. The quantitative estimate of drug-likeness (QED) is 0.187. The van der Waals surface area contributed by atoms with Gasteiger partial charge in [0.15, 0.2) is 8.32 Å². The fourth-order valence-electron chi connectivity index (χ4n) is 5.60. The van der Waals surface area contributed by atoms with Crippen LogP contribution in [0.4, 0.5) is 4.39 Å². The number of benzene rings is 1. The van der Waals surface area contributed by atoms with Crippen molar-refractivity contribution in [2.75, 3.05) is 13.1 Å². The van der Waals surface area contributed by atoms with Crippen molar-refractivity contribution in [1.82, 2.24) is 24.6 Å². The van der Waals surface area contributed by atoms with Crippen LogP contribution in [0.25, 0.3) is 22.4 Å². The van der Waals surface area contributed by atoms with Gasteiger partial charge in [0.05, 0.1) is 6.54 Å². The summed E-state index contributed by atoms with van der Waals surface area (Å²) in [6.45, 7) is 9.99. The zero-order valence-corrected chi connectivity index (χ0v) is 26.9. The Morgan fingerprint density at radius 2 is 1.86 bits per heavy atom. The van der Waals surface area contributed by atoms with Crippen molar-refractivity contribution in [3.8, 4) is 28.1 Å². The van der Waals surface area contributed by atoms with E-state index < -0.39 is 14.1 Å². The van der Waals surface area contributed by atoms with E-state index in [1.807, 2.05) is 48.5 Å². The largest absolute Gasteiger partial charge is 0.489 e. The average Bonchev–Trinajstić information content (AvgIpc) is 3.78. The molecule has 4 heterocycles. The minimum Gasteiger partial charge on any atom is -0.489 e. The van der Waals surface area contributed by atoms with Crippen LogP contribution >= 0.6 is 0 Å². The zero-order valence-electron chi connectivity index (χ0n) is 25.9. The molecule has 0 radical (unpaired) electrons. The summed E-state index contributed by atoms with van der Waals surface area (Å²) in [5.74, 6) is 0.330. The normalized spacial score (nSPS) is 15.4. The van der Waals surface area contributed by atoms with Crippen molar-refractivity contribution in [3.63, 3.8) is 0 Å². The highest BCUT2D eigenvalue weighted by Crippen LogP contribution is 2.41. The third-order valence-electron chi connectivity index (χ3n) is 9.32. The molecule has 1 aliphatic carbocycles. The van der Waals surface area contributed by atoms with Gasteiger partial charge in [-0.1, -0.05) is 19.9 Å². The molecule has 6 rings (SSSR count). The monoisotopic (exact) mass is 613 g/mol. The van der Waals surface area contributed by atoms with Gasteiger partial charge >= 0.3 is 0 Å². The lowest BCUT2D eigenvalue weighted by Gasteiger charge is -2.36.